The van der Waals surface area contributed by atoms with E-state index in [1.807, 2.05) is 13.8 Å². The summed E-state index contributed by atoms with van der Waals surface area (Å²) < 4.78 is 0. The maximum Gasteiger partial charge on any atom is 0.326 e. The van der Waals surface area contributed by atoms with Gasteiger partial charge in [-0.3, -0.25) is 4.79 Å². The molecule has 0 bridgehead atoms. The van der Waals surface area contributed by atoms with E-state index in [4.69, 9.17) is 10.8 Å². The number of carboxylic acid groups (broad SMARTS) is 1. The average molecular weight is 310 g/mol. The van der Waals surface area contributed by atoms with Crippen molar-refractivity contribution in [2.45, 2.75) is 44.9 Å². The minimum atomic E-state index is -1.50. The lowest BCUT2D eigenvalue weighted by atomic mass is 10.00. The predicted molar refractivity (Wildman–Crippen MR) is 86.1 cm³/mol. The molecule has 0 aliphatic carbocycles. The lowest BCUT2D eigenvalue weighted by Crippen LogP contribution is -2.51. The van der Waals surface area contributed by atoms with Crippen molar-refractivity contribution in [3.8, 4) is 0 Å². The zero-order valence-corrected chi connectivity index (χ0v) is 13.2. The van der Waals surface area contributed by atoms with Gasteiger partial charge in [0.25, 0.3) is 5.91 Å². The van der Waals surface area contributed by atoms with Crippen LogP contribution in [0.25, 0.3) is 0 Å². The maximum atomic E-state index is 11.9. The number of hydrogen-bond acceptors (Lipinski definition) is 4. The molecule has 6 heteroatoms. The third-order valence-electron chi connectivity index (χ3n) is 3.06. The summed E-state index contributed by atoms with van der Waals surface area (Å²) in [7, 11) is 0. The molecule has 3 atom stereocenters. The van der Waals surface area contributed by atoms with Gasteiger partial charge in [-0.15, -0.1) is 0 Å². The van der Waals surface area contributed by atoms with Crippen molar-refractivity contribution in [3.63, 3.8) is 0 Å². The quantitative estimate of drug-likeness (QED) is 0.449. The van der Waals surface area contributed by atoms with Gasteiger partial charge in [0, 0.05) is 6.04 Å². The first-order valence-corrected chi connectivity index (χ1v) is 7.13. The van der Waals surface area contributed by atoms with Crippen LogP contribution in [0.1, 0.15) is 26.7 Å². The van der Waals surface area contributed by atoms with E-state index in [-0.39, 0.29) is 18.8 Å². The fraction of sp³-hybridized carbons (Fsp3) is 0.500. The number of aliphatic carboxylic acids is 1. The highest BCUT2D eigenvalue weighted by Crippen LogP contribution is 2.10. The van der Waals surface area contributed by atoms with Crippen LogP contribution in [0.3, 0.4) is 0 Å². The van der Waals surface area contributed by atoms with E-state index < -0.39 is 30.1 Å². The van der Waals surface area contributed by atoms with Crippen LogP contribution in [0.15, 0.2) is 37.0 Å². The molecule has 0 rings (SSSR count). The molecule has 1 amide bonds. The van der Waals surface area contributed by atoms with Crippen LogP contribution in [0.4, 0.5) is 0 Å². The number of carbonyl (C=O) groups is 2. The van der Waals surface area contributed by atoms with Crippen LogP contribution in [0, 0.1) is 5.92 Å². The summed E-state index contributed by atoms with van der Waals surface area (Å²) in [5, 5.41) is 21.3. The SMILES string of the molecule is C=C/C=C(\C=C)C[C@@H](N)[C@H](O)C(=O)N[C@@H](CC(C)C)C(=O)O. The normalized spacial score (nSPS) is 15.8. The Balaban J connectivity index is 4.75. The van der Waals surface area contributed by atoms with Crippen molar-refractivity contribution in [3.05, 3.63) is 37.0 Å². The molecular weight excluding hydrogens is 284 g/mol. The van der Waals surface area contributed by atoms with Crippen LogP contribution in [-0.4, -0.2) is 40.3 Å². The Morgan fingerprint density at radius 2 is 1.91 bits per heavy atom. The number of carboxylic acids is 1. The number of rotatable bonds is 10. The highest BCUT2D eigenvalue weighted by atomic mass is 16.4. The van der Waals surface area contributed by atoms with Gasteiger partial charge in [0.2, 0.25) is 0 Å². The summed E-state index contributed by atoms with van der Waals surface area (Å²) in [6.07, 6.45) is 3.80. The fourth-order valence-electron chi connectivity index (χ4n) is 1.90. The minimum Gasteiger partial charge on any atom is -0.480 e. The summed E-state index contributed by atoms with van der Waals surface area (Å²) in [4.78, 5) is 23.0. The molecule has 0 spiro atoms. The first-order valence-electron chi connectivity index (χ1n) is 7.13. The summed E-state index contributed by atoms with van der Waals surface area (Å²) >= 11 is 0. The van der Waals surface area contributed by atoms with Crippen LogP contribution >= 0.6 is 0 Å². The summed E-state index contributed by atoms with van der Waals surface area (Å²) in [6, 6.07) is -1.91. The van der Waals surface area contributed by atoms with Gasteiger partial charge in [0.1, 0.15) is 12.1 Å². The van der Waals surface area contributed by atoms with E-state index >= 15 is 0 Å². The van der Waals surface area contributed by atoms with Crippen molar-refractivity contribution in [2.75, 3.05) is 0 Å². The highest BCUT2D eigenvalue weighted by molar-refractivity contribution is 5.86. The minimum absolute atomic E-state index is 0.0927. The van der Waals surface area contributed by atoms with E-state index in [2.05, 4.69) is 18.5 Å². The van der Waals surface area contributed by atoms with Gasteiger partial charge in [-0.1, -0.05) is 45.2 Å². The van der Waals surface area contributed by atoms with Gasteiger partial charge in [-0.05, 0) is 24.3 Å². The molecule has 0 saturated carbocycles. The number of aliphatic hydroxyl groups is 1. The number of allylic oxidation sites excluding steroid dienone is 3. The molecule has 0 fully saturated rings. The second kappa shape index (κ2) is 9.92. The number of amides is 1. The Labute approximate surface area is 131 Å². The molecule has 6 nitrogen and oxygen atoms in total. The van der Waals surface area contributed by atoms with Crippen molar-refractivity contribution in [2.24, 2.45) is 11.7 Å². The summed E-state index contributed by atoms with van der Waals surface area (Å²) in [5.41, 5.74) is 6.52. The van der Waals surface area contributed by atoms with Gasteiger partial charge >= 0.3 is 5.97 Å². The van der Waals surface area contributed by atoms with Crippen LogP contribution in [-0.2, 0) is 9.59 Å². The number of aliphatic hydroxyl groups excluding tert-OH is 1. The molecule has 0 unspecified atom stereocenters. The number of nitrogens with one attached hydrogen (secondary N) is 1. The van der Waals surface area contributed by atoms with Crippen molar-refractivity contribution in [1.29, 1.82) is 0 Å². The monoisotopic (exact) mass is 310 g/mol. The second-order valence-electron chi connectivity index (χ2n) is 5.52. The lowest BCUT2D eigenvalue weighted by molar-refractivity contribution is -0.144. The molecule has 0 heterocycles. The highest BCUT2D eigenvalue weighted by Gasteiger charge is 2.28. The number of nitrogens with two attached hydrogens (primary N) is 1. The predicted octanol–water partition coefficient (Wildman–Crippen LogP) is 0.979. The summed E-state index contributed by atoms with van der Waals surface area (Å²) in [6.45, 7) is 10.9. The van der Waals surface area contributed by atoms with Crippen LogP contribution in [0.5, 0.6) is 0 Å². The van der Waals surface area contributed by atoms with Gasteiger partial charge in [-0.25, -0.2) is 4.79 Å². The molecule has 0 saturated heterocycles. The lowest BCUT2D eigenvalue weighted by Gasteiger charge is -2.22. The molecule has 0 aliphatic heterocycles. The molecule has 0 radical (unpaired) electrons. The Kier molecular flexibility index (Phi) is 9.05. The van der Waals surface area contributed by atoms with E-state index in [1.54, 1.807) is 18.2 Å². The first-order chi connectivity index (χ1) is 10.2. The van der Waals surface area contributed by atoms with Crippen LogP contribution in [0.2, 0.25) is 0 Å². The molecule has 0 aromatic carbocycles. The van der Waals surface area contributed by atoms with Gasteiger partial charge in [0.05, 0.1) is 0 Å². The Bertz CT molecular complexity index is 443. The zero-order valence-electron chi connectivity index (χ0n) is 13.2. The van der Waals surface area contributed by atoms with Gasteiger partial charge in [0.15, 0.2) is 0 Å². The Hall–Kier alpha value is -1.92. The van der Waals surface area contributed by atoms with E-state index in [9.17, 15) is 14.7 Å². The van der Waals surface area contributed by atoms with Crippen LogP contribution < -0.4 is 11.1 Å². The zero-order chi connectivity index (χ0) is 17.3. The maximum absolute atomic E-state index is 11.9. The number of carbonyl (C=O) groups excluding carboxylic acids is 1. The fourth-order valence-corrected chi connectivity index (χ4v) is 1.90. The third kappa shape index (κ3) is 7.19. The van der Waals surface area contributed by atoms with E-state index in [0.29, 0.717) is 0 Å². The van der Waals surface area contributed by atoms with E-state index in [0.717, 1.165) is 5.57 Å². The summed E-state index contributed by atoms with van der Waals surface area (Å²) in [5.74, 6) is -1.83. The molecule has 22 heavy (non-hydrogen) atoms. The molecule has 0 aromatic heterocycles. The molecule has 0 aromatic rings. The van der Waals surface area contributed by atoms with Crippen molar-refractivity contribution >= 4 is 11.9 Å². The molecule has 5 N–H and O–H groups in total. The average Bonchev–Trinajstić information content (AvgIpc) is 2.44. The standard InChI is InChI=1S/C16H26N2O4/c1-5-7-11(6-2)9-12(17)14(19)15(20)18-13(16(21)22)8-10(3)4/h5-7,10,12-14,19H,1-2,8-9,17H2,3-4H3,(H,18,20)(H,21,22)/b11-7+/t12-,13+,14+/m1/s1. The van der Waals surface area contributed by atoms with Gasteiger partial charge in [-0.2, -0.15) is 0 Å². The van der Waals surface area contributed by atoms with Crippen molar-refractivity contribution < 1.29 is 19.8 Å². The first kappa shape index (κ1) is 20.1. The molecule has 0 aliphatic rings. The van der Waals surface area contributed by atoms with Crippen molar-refractivity contribution in [1.82, 2.24) is 5.32 Å². The second-order valence-corrected chi connectivity index (χ2v) is 5.52. The molecular formula is C16H26N2O4. The van der Waals surface area contributed by atoms with Gasteiger partial charge < -0.3 is 21.3 Å². The molecule has 124 valence electrons. The Morgan fingerprint density at radius 3 is 2.32 bits per heavy atom. The third-order valence-corrected chi connectivity index (χ3v) is 3.06. The topological polar surface area (TPSA) is 113 Å². The van der Waals surface area contributed by atoms with E-state index in [1.165, 1.54) is 0 Å². The Morgan fingerprint density at radius 1 is 1.32 bits per heavy atom. The smallest absolute Gasteiger partial charge is 0.326 e. The number of hydrogen-bond donors (Lipinski definition) is 4. The largest absolute Gasteiger partial charge is 0.480 e.